The number of nitrogens with zero attached hydrogens (tertiary/aromatic N) is 2. The standard InChI is InChI=1S/C12H18N4O3S/c1-16(2)9-4-5-10-11(8-9)20(18,19)15-12(14-10)13-6-3-7-17/h4-5,8,17H,3,6-7H2,1-2H3,(H2,13,14,15). The average molecular weight is 298 g/mol. The third-order valence-corrected chi connectivity index (χ3v) is 4.22. The molecule has 1 heterocycles. The summed E-state index contributed by atoms with van der Waals surface area (Å²) in [6, 6.07) is 5.15. The van der Waals surface area contributed by atoms with E-state index < -0.39 is 10.0 Å². The molecule has 7 nitrogen and oxygen atoms in total. The maximum atomic E-state index is 12.2. The summed E-state index contributed by atoms with van der Waals surface area (Å²) in [6.07, 6.45) is 0.485. The molecule has 0 aliphatic carbocycles. The first kappa shape index (κ1) is 14.6. The van der Waals surface area contributed by atoms with Crippen molar-refractivity contribution in [2.24, 2.45) is 4.99 Å². The van der Waals surface area contributed by atoms with Gasteiger partial charge in [-0.1, -0.05) is 0 Å². The zero-order valence-corrected chi connectivity index (χ0v) is 12.2. The summed E-state index contributed by atoms with van der Waals surface area (Å²) in [6.45, 7) is 0.374. The van der Waals surface area contributed by atoms with E-state index in [0.717, 1.165) is 5.69 Å². The summed E-state index contributed by atoms with van der Waals surface area (Å²) < 4.78 is 26.8. The second kappa shape index (κ2) is 5.68. The van der Waals surface area contributed by atoms with Gasteiger partial charge in [0.2, 0.25) is 5.96 Å². The lowest BCUT2D eigenvalue weighted by atomic mass is 10.2. The molecule has 8 heteroatoms. The van der Waals surface area contributed by atoms with Crippen molar-refractivity contribution in [2.75, 3.05) is 37.5 Å². The van der Waals surface area contributed by atoms with E-state index in [4.69, 9.17) is 5.11 Å². The molecule has 0 aromatic heterocycles. The van der Waals surface area contributed by atoms with Crippen molar-refractivity contribution in [1.29, 1.82) is 0 Å². The lowest BCUT2D eigenvalue weighted by Gasteiger charge is -2.23. The Morgan fingerprint density at radius 2 is 2.10 bits per heavy atom. The molecule has 0 atom stereocenters. The molecule has 2 rings (SSSR count). The van der Waals surface area contributed by atoms with Crippen LogP contribution in [-0.2, 0) is 10.0 Å². The summed E-state index contributed by atoms with van der Waals surface area (Å²) in [7, 11) is 0.0772. The van der Waals surface area contributed by atoms with Crippen LogP contribution in [0.3, 0.4) is 0 Å². The predicted molar refractivity (Wildman–Crippen MR) is 78.7 cm³/mol. The van der Waals surface area contributed by atoms with Gasteiger partial charge in [0.05, 0.1) is 5.69 Å². The Morgan fingerprint density at radius 1 is 1.35 bits per heavy atom. The highest BCUT2D eigenvalue weighted by molar-refractivity contribution is 7.90. The monoisotopic (exact) mass is 298 g/mol. The molecule has 1 aromatic carbocycles. The number of anilines is 2. The number of fused-ring (bicyclic) bond motifs is 1. The molecular weight excluding hydrogens is 280 g/mol. The van der Waals surface area contributed by atoms with E-state index >= 15 is 0 Å². The van der Waals surface area contributed by atoms with E-state index in [2.05, 4.69) is 15.0 Å². The van der Waals surface area contributed by atoms with E-state index in [1.165, 1.54) is 0 Å². The summed E-state index contributed by atoms with van der Waals surface area (Å²) in [5.41, 5.74) is 1.30. The van der Waals surface area contributed by atoms with Crippen LogP contribution >= 0.6 is 0 Å². The fourth-order valence-electron chi connectivity index (χ4n) is 1.78. The number of hydrogen-bond acceptors (Lipinski definition) is 5. The first-order chi connectivity index (χ1) is 9.44. The van der Waals surface area contributed by atoms with Gasteiger partial charge in [-0.2, -0.15) is 0 Å². The van der Waals surface area contributed by atoms with Crippen LogP contribution in [0.5, 0.6) is 0 Å². The van der Waals surface area contributed by atoms with E-state index in [1.54, 1.807) is 12.1 Å². The molecule has 0 radical (unpaired) electrons. The van der Waals surface area contributed by atoms with Gasteiger partial charge >= 0.3 is 0 Å². The number of rotatable bonds is 4. The van der Waals surface area contributed by atoms with Crippen LogP contribution in [0.1, 0.15) is 6.42 Å². The summed E-state index contributed by atoms with van der Waals surface area (Å²) >= 11 is 0. The molecule has 0 bridgehead atoms. The third-order valence-electron chi connectivity index (χ3n) is 2.84. The molecule has 0 amide bonds. The fourth-order valence-corrected chi connectivity index (χ4v) is 2.95. The van der Waals surface area contributed by atoms with Gasteiger partial charge in [0.15, 0.2) is 0 Å². The largest absolute Gasteiger partial charge is 0.396 e. The van der Waals surface area contributed by atoms with Gasteiger partial charge in [0.1, 0.15) is 4.90 Å². The van der Waals surface area contributed by atoms with Crippen molar-refractivity contribution in [3.8, 4) is 0 Å². The highest BCUT2D eigenvalue weighted by Gasteiger charge is 2.26. The van der Waals surface area contributed by atoms with Gasteiger partial charge in [0.25, 0.3) is 10.0 Å². The molecule has 0 saturated carbocycles. The Labute approximate surface area is 118 Å². The van der Waals surface area contributed by atoms with Crippen LogP contribution in [0.15, 0.2) is 28.1 Å². The fraction of sp³-hybridized carbons (Fsp3) is 0.417. The molecule has 0 fully saturated rings. The van der Waals surface area contributed by atoms with Gasteiger partial charge in [0, 0.05) is 32.9 Å². The quantitative estimate of drug-likeness (QED) is 0.690. The second-order valence-electron chi connectivity index (χ2n) is 4.61. The lowest BCUT2D eigenvalue weighted by molar-refractivity contribution is 0.291. The smallest absolute Gasteiger partial charge is 0.266 e. The molecule has 0 saturated heterocycles. The van der Waals surface area contributed by atoms with Gasteiger partial charge in [-0.3, -0.25) is 4.99 Å². The normalized spacial score (nSPS) is 18.1. The zero-order chi connectivity index (χ0) is 14.8. The Balaban J connectivity index is 2.35. The first-order valence-electron chi connectivity index (χ1n) is 6.20. The van der Waals surface area contributed by atoms with Crippen LogP contribution < -0.4 is 14.9 Å². The predicted octanol–water partition coefficient (Wildman–Crippen LogP) is 0.195. The average Bonchev–Trinajstić information content (AvgIpc) is 2.38. The summed E-state index contributed by atoms with van der Waals surface area (Å²) in [5, 5.41) is 11.6. The minimum absolute atomic E-state index is 0.0202. The third kappa shape index (κ3) is 3.02. The number of benzene rings is 1. The molecule has 110 valence electrons. The van der Waals surface area contributed by atoms with Crippen LogP contribution in [0, 0.1) is 0 Å². The van der Waals surface area contributed by atoms with Crippen molar-refractivity contribution >= 4 is 27.4 Å². The Hall–Kier alpha value is -1.80. The number of aliphatic hydroxyl groups excluding tert-OH is 1. The van der Waals surface area contributed by atoms with E-state index in [0.29, 0.717) is 18.7 Å². The van der Waals surface area contributed by atoms with Crippen molar-refractivity contribution in [2.45, 2.75) is 11.3 Å². The lowest BCUT2D eigenvalue weighted by Crippen LogP contribution is -2.41. The molecule has 0 spiro atoms. The molecule has 0 unspecified atom stereocenters. The van der Waals surface area contributed by atoms with Crippen molar-refractivity contribution < 1.29 is 13.5 Å². The molecule has 1 aromatic rings. The minimum Gasteiger partial charge on any atom is -0.396 e. The number of sulfonamides is 1. The van der Waals surface area contributed by atoms with Crippen LogP contribution in [0.2, 0.25) is 0 Å². The van der Waals surface area contributed by atoms with E-state index in [9.17, 15) is 8.42 Å². The molecule has 20 heavy (non-hydrogen) atoms. The number of nitrogens with one attached hydrogen (secondary N) is 2. The Bertz CT molecular complexity index is 626. The number of aliphatic imine (C=N–C) groups is 1. The highest BCUT2D eigenvalue weighted by Crippen LogP contribution is 2.28. The maximum Gasteiger partial charge on any atom is 0.266 e. The molecule has 3 N–H and O–H groups in total. The minimum atomic E-state index is -3.62. The Morgan fingerprint density at radius 3 is 2.75 bits per heavy atom. The molecule has 1 aliphatic heterocycles. The summed E-state index contributed by atoms with van der Waals surface area (Å²) in [4.78, 5) is 6.10. The first-order valence-corrected chi connectivity index (χ1v) is 7.69. The number of guanidine groups is 1. The maximum absolute atomic E-state index is 12.2. The van der Waals surface area contributed by atoms with Crippen LogP contribution in [-0.4, -0.2) is 46.7 Å². The van der Waals surface area contributed by atoms with Gasteiger partial charge in [-0.15, -0.1) is 0 Å². The van der Waals surface area contributed by atoms with Gasteiger partial charge in [-0.25, -0.2) is 13.1 Å². The highest BCUT2D eigenvalue weighted by atomic mass is 32.2. The molecule has 1 aliphatic rings. The second-order valence-corrected chi connectivity index (χ2v) is 6.26. The van der Waals surface area contributed by atoms with Crippen molar-refractivity contribution in [1.82, 2.24) is 4.72 Å². The van der Waals surface area contributed by atoms with Gasteiger partial charge < -0.3 is 15.3 Å². The molecular formula is C12H18N4O3S. The van der Waals surface area contributed by atoms with E-state index in [1.807, 2.05) is 25.1 Å². The van der Waals surface area contributed by atoms with Crippen molar-refractivity contribution in [3.05, 3.63) is 18.2 Å². The van der Waals surface area contributed by atoms with Crippen LogP contribution in [0.4, 0.5) is 11.4 Å². The van der Waals surface area contributed by atoms with Crippen LogP contribution in [0.25, 0.3) is 0 Å². The number of hydrogen-bond donors (Lipinski definition) is 3. The zero-order valence-electron chi connectivity index (χ0n) is 11.4. The number of aliphatic hydroxyl groups is 1. The van der Waals surface area contributed by atoms with E-state index in [-0.39, 0.29) is 17.5 Å². The van der Waals surface area contributed by atoms with Gasteiger partial charge in [-0.05, 0) is 24.6 Å². The summed E-state index contributed by atoms with van der Waals surface area (Å²) in [5.74, 6) is 0.184. The Kier molecular flexibility index (Phi) is 4.15. The topological polar surface area (TPSA) is 94.0 Å². The SMILES string of the molecule is CN(C)c1ccc2c(c1)S(=O)(=O)NC(=NCCCO)N2. The van der Waals surface area contributed by atoms with Crippen molar-refractivity contribution in [3.63, 3.8) is 0 Å².